The highest BCUT2D eigenvalue weighted by Gasteiger charge is 2.55. The fourth-order valence-corrected chi connectivity index (χ4v) is 1.90. The number of allylic oxidation sites excluding steroid dienone is 4. The average molecular weight is 170 g/mol. The summed E-state index contributed by atoms with van der Waals surface area (Å²) in [6.07, 6.45) is 7.78. The van der Waals surface area contributed by atoms with Crippen molar-refractivity contribution in [2.45, 2.75) is 25.7 Å². The van der Waals surface area contributed by atoms with E-state index in [0.717, 1.165) is 6.42 Å². The summed E-state index contributed by atoms with van der Waals surface area (Å²) in [5.41, 5.74) is -0.652. The summed E-state index contributed by atoms with van der Waals surface area (Å²) in [5, 5.41) is 0. The highest BCUT2D eigenvalue weighted by atomic mass is 19.3. The highest BCUT2D eigenvalue weighted by Crippen LogP contribution is 2.58. The number of hydrogen-bond acceptors (Lipinski definition) is 0. The molecule has 1 fully saturated rings. The van der Waals surface area contributed by atoms with Crippen LogP contribution < -0.4 is 0 Å². The molecule has 1 unspecified atom stereocenters. The number of alkyl halides is 2. The zero-order valence-corrected chi connectivity index (χ0v) is 6.84. The van der Waals surface area contributed by atoms with Gasteiger partial charge in [0.15, 0.2) is 0 Å². The minimum absolute atomic E-state index is 0.0856. The van der Waals surface area contributed by atoms with Crippen molar-refractivity contribution in [1.82, 2.24) is 0 Å². The molecule has 1 atom stereocenters. The SMILES string of the molecule is FC(F)C1(C2C=CC=CC2)CC1. The lowest BCUT2D eigenvalue weighted by Gasteiger charge is -2.23. The molecule has 2 heteroatoms. The van der Waals surface area contributed by atoms with Crippen molar-refractivity contribution < 1.29 is 8.78 Å². The lowest BCUT2D eigenvalue weighted by Crippen LogP contribution is -2.22. The molecule has 0 nitrogen and oxygen atoms in total. The topological polar surface area (TPSA) is 0 Å². The Labute approximate surface area is 71.0 Å². The molecule has 0 aromatic carbocycles. The van der Waals surface area contributed by atoms with Gasteiger partial charge in [-0.3, -0.25) is 0 Å². The summed E-state index contributed by atoms with van der Waals surface area (Å²) in [6, 6.07) is 0. The van der Waals surface area contributed by atoms with Crippen LogP contribution in [0, 0.1) is 11.3 Å². The van der Waals surface area contributed by atoms with Crippen LogP contribution in [-0.4, -0.2) is 6.43 Å². The number of rotatable bonds is 2. The maximum absolute atomic E-state index is 12.6. The van der Waals surface area contributed by atoms with E-state index in [0.29, 0.717) is 12.8 Å². The normalized spacial score (nSPS) is 31.1. The van der Waals surface area contributed by atoms with Crippen molar-refractivity contribution >= 4 is 0 Å². The van der Waals surface area contributed by atoms with Gasteiger partial charge in [-0.2, -0.15) is 0 Å². The van der Waals surface area contributed by atoms with E-state index < -0.39 is 11.8 Å². The van der Waals surface area contributed by atoms with Gasteiger partial charge in [0.1, 0.15) is 0 Å². The zero-order chi connectivity index (χ0) is 8.60. The third-order valence-electron chi connectivity index (χ3n) is 2.98. The van der Waals surface area contributed by atoms with Crippen molar-refractivity contribution in [1.29, 1.82) is 0 Å². The Bertz CT molecular complexity index is 224. The summed E-state index contributed by atoms with van der Waals surface area (Å²) in [4.78, 5) is 0. The van der Waals surface area contributed by atoms with Crippen LogP contribution in [0.5, 0.6) is 0 Å². The maximum Gasteiger partial charge on any atom is 0.244 e. The minimum Gasteiger partial charge on any atom is -0.210 e. The van der Waals surface area contributed by atoms with Crippen LogP contribution in [-0.2, 0) is 0 Å². The van der Waals surface area contributed by atoms with Gasteiger partial charge in [-0.05, 0) is 25.2 Å². The molecular formula is C10H12F2. The molecule has 0 spiro atoms. The first kappa shape index (κ1) is 7.96. The summed E-state index contributed by atoms with van der Waals surface area (Å²) in [5.74, 6) is 0.0856. The molecule has 0 aliphatic heterocycles. The zero-order valence-electron chi connectivity index (χ0n) is 6.84. The first-order chi connectivity index (χ1) is 5.76. The third-order valence-corrected chi connectivity index (χ3v) is 2.98. The molecule has 0 saturated heterocycles. The van der Waals surface area contributed by atoms with Crippen LogP contribution in [0.1, 0.15) is 19.3 Å². The first-order valence-corrected chi connectivity index (χ1v) is 4.37. The molecule has 0 heterocycles. The first-order valence-electron chi connectivity index (χ1n) is 4.37. The molecule has 0 radical (unpaired) electrons. The van der Waals surface area contributed by atoms with Crippen molar-refractivity contribution in [3.63, 3.8) is 0 Å². The summed E-state index contributed by atoms with van der Waals surface area (Å²) < 4.78 is 25.2. The quantitative estimate of drug-likeness (QED) is 0.597. The Hall–Kier alpha value is -0.660. The van der Waals surface area contributed by atoms with Crippen molar-refractivity contribution in [3.8, 4) is 0 Å². The van der Waals surface area contributed by atoms with Crippen LogP contribution in [0.2, 0.25) is 0 Å². The lowest BCUT2D eigenvalue weighted by atomic mass is 9.84. The second-order valence-corrected chi connectivity index (χ2v) is 3.69. The molecule has 12 heavy (non-hydrogen) atoms. The average Bonchev–Trinajstić information content (AvgIpc) is 2.86. The Morgan fingerprint density at radius 3 is 2.42 bits per heavy atom. The molecule has 66 valence electrons. The molecule has 0 bridgehead atoms. The van der Waals surface area contributed by atoms with Gasteiger partial charge in [-0.25, -0.2) is 8.78 Å². The molecule has 2 aliphatic carbocycles. The molecule has 0 amide bonds. The van der Waals surface area contributed by atoms with E-state index in [1.54, 1.807) is 0 Å². The number of hydrogen-bond donors (Lipinski definition) is 0. The fraction of sp³-hybridized carbons (Fsp3) is 0.600. The Morgan fingerprint density at radius 2 is 2.00 bits per heavy atom. The van der Waals surface area contributed by atoms with Gasteiger partial charge in [0.05, 0.1) is 0 Å². The second-order valence-electron chi connectivity index (χ2n) is 3.69. The molecule has 0 aromatic rings. The lowest BCUT2D eigenvalue weighted by molar-refractivity contribution is 0.0373. The van der Waals surface area contributed by atoms with E-state index in [-0.39, 0.29) is 5.92 Å². The predicted octanol–water partition coefficient (Wildman–Crippen LogP) is 3.16. The highest BCUT2D eigenvalue weighted by molar-refractivity contribution is 5.17. The van der Waals surface area contributed by atoms with E-state index in [9.17, 15) is 8.78 Å². The van der Waals surface area contributed by atoms with Crippen LogP contribution in [0.4, 0.5) is 8.78 Å². The molecule has 1 saturated carbocycles. The van der Waals surface area contributed by atoms with Gasteiger partial charge in [0.2, 0.25) is 6.43 Å². The fourth-order valence-electron chi connectivity index (χ4n) is 1.90. The smallest absolute Gasteiger partial charge is 0.210 e. The van der Waals surface area contributed by atoms with Gasteiger partial charge in [-0.15, -0.1) is 0 Å². The Morgan fingerprint density at radius 1 is 1.25 bits per heavy atom. The molecule has 0 N–H and O–H groups in total. The van der Waals surface area contributed by atoms with Crippen LogP contribution in [0.3, 0.4) is 0 Å². The minimum atomic E-state index is -2.14. The number of halogens is 2. The van der Waals surface area contributed by atoms with E-state index in [1.165, 1.54) is 0 Å². The van der Waals surface area contributed by atoms with Gasteiger partial charge in [-0.1, -0.05) is 24.3 Å². The predicted molar refractivity (Wildman–Crippen MR) is 44.1 cm³/mol. The van der Waals surface area contributed by atoms with E-state index in [4.69, 9.17) is 0 Å². The van der Waals surface area contributed by atoms with E-state index in [2.05, 4.69) is 0 Å². The van der Waals surface area contributed by atoms with Crippen LogP contribution in [0.25, 0.3) is 0 Å². The van der Waals surface area contributed by atoms with Gasteiger partial charge < -0.3 is 0 Å². The standard InChI is InChI=1S/C10H12F2/c11-9(12)10(6-7-10)8-4-2-1-3-5-8/h1-4,8-9H,5-7H2. The van der Waals surface area contributed by atoms with Crippen LogP contribution >= 0.6 is 0 Å². The molecule has 0 aromatic heterocycles. The van der Waals surface area contributed by atoms with E-state index >= 15 is 0 Å². The van der Waals surface area contributed by atoms with Crippen molar-refractivity contribution in [2.24, 2.45) is 11.3 Å². The largest absolute Gasteiger partial charge is 0.244 e. The summed E-state index contributed by atoms with van der Waals surface area (Å²) >= 11 is 0. The summed E-state index contributed by atoms with van der Waals surface area (Å²) in [6.45, 7) is 0. The van der Waals surface area contributed by atoms with Gasteiger partial charge in [0.25, 0.3) is 0 Å². The van der Waals surface area contributed by atoms with Crippen molar-refractivity contribution in [2.75, 3.05) is 0 Å². The molecule has 2 rings (SSSR count). The Kier molecular flexibility index (Phi) is 1.78. The van der Waals surface area contributed by atoms with E-state index in [1.807, 2.05) is 24.3 Å². The summed E-state index contributed by atoms with van der Waals surface area (Å²) in [7, 11) is 0. The second kappa shape index (κ2) is 2.68. The maximum atomic E-state index is 12.6. The van der Waals surface area contributed by atoms with Crippen molar-refractivity contribution in [3.05, 3.63) is 24.3 Å². The van der Waals surface area contributed by atoms with Gasteiger partial charge in [0, 0.05) is 5.41 Å². The Balaban J connectivity index is 2.09. The van der Waals surface area contributed by atoms with Crippen LogP contribution in [0.15, 0.2) is 24.3 Å². The monoisotopic (exact) mass is 170 g/mol. The van der Waals surface area contributed by atoms with Gasteiger partial charge >= 0.3 is 0 Å². The molecule has 2 aliphatic rings. The molecular weight excluding hydrogens is 158 g/mol. The third kappa shape index (κ3) is 1.10.